The second kappa shape index (κ2) is 20.3. The average Bonchev–Trinajstić information content (AvgIpc) is 3.16. The Bertz CT molecular complexity index is 1750. The molecule has 0 aliphatic carbocycles. The second-order valence-electron chi connectivity index (χ2n) is 14.3. The van der Waals surface area contributed by atoms with E-state index in [0.717, 1.165) is 22.3 Å². The molecule has 0 bridgehead atoms. The van der Waals surface area contributed by atoms with Crippen LogP contribution in [0.3, 0.4) is 0 Å². The number of rotatable bonds is 15. The molecule has 2 aromatic rings. The smallest absolute Gasteiger partial charge is 0.244 e. The van der Waals surface area contributed by atoms with Gasteiger partial charge in [0.1, 0.15) is 13.2 Å². The quantitative estimate of drug-likeness (QED) is 0.188. The maximum absolute atomic E-state index is 14.5. The molecule has 0 atom stereocenters. The lowest BCUT2D eigenvalue weighted by molar-refractivity contribution is -0.150. The van der Waals surface area contributed by atoms with E-state index < -0.39 is 5.41 Å². The van der Waals surface area contributed by atoms with Crippen LogP contribution in [-0.2, 0) is 49.9 Å². The van der Waals surface area contributed by atoms with Gasteiger partial charge in [-0.3, -0.25) is 29.0 Å². The third-order valence-electron chi connectivity index (χ3n) is 10.4. The summed E-state index contributed by atoms with van der Waals surface area (Å²) in [5.74, 6) is 1.69. The number of likely N-dealkylation sites (tertiary alicyclic amines) is 2. The number of nitrogens with one attached hydrogen (secondary N) is 3. The first-order chi connectivity index (χ1) is 26.0. The molecule has 12 nitrogen and oxygen atoms in total. The second-order valence-corrected chi connectivity index (χ2v) is 14.3. The molecule has 0 unspecified atom stereocenters. The summed E-state index contributed by atoms with van der Waals surface area (Å²) in [5, 5.41) is 8.93. The number of hydrogen-bond acceptors (Lipinski definition) is 7. The van der Waals surface area contributed by atoms with E-state index in [1.165, 1.54) is 12.3 Å². The number of benzene rings is 2. The molecule has 2 fully saturated rings. The van der Waals surface area contributed by atoms with E-state index in [9.17, 15) is 24.0 Å². The minimum atomic E-state index is -0.766. The van der Waals surface area contributed by atoms with E-state index >= 15 is 0 Å². The van der Waals surface area contributed by atoms with Crippen molar-refractivity contribution in [3.63, 3.8) is 0 Å². The molecule has 0 aromatic heterocycles. The highest BCUT2D eigenvalue weighted by molar-refractivity contribution is 5.96. The molecule has 2 saturated heterocycles. The number of aliphatic imine (C=N–C) groups is 1. The largest absolute Gasteiger partial charge is 0.343 e. The third kappa shape index (κ3) is 11.6. The molecule has 0 saturated carbocycles. The van der Waals surface area contributed by atoms with Crippen molar-refractivity contribution < 1.29 is 24.0 Å². The molecule has 54 heavy (non-hydrogen) atoms. The van der Waals surface area contributed by atoms with Gasteiger partial charge in [-0.15, -0.1) is 6.42 Å². The van der Waals surface area contributed by atoms with Crippen molar-refractivity contribution in [1.82, 2.24) is 25.3 Å². The monoisotopic (exact) mass is 737 g/mol. The predicted octanol–water partition coefficient (Wildman–Crippen LogP) is 3.70. The van der Waals surface area contributed by atoms with Crippen LogP contribution in [0, 0.1) is 23.7 Å². The zero-order valence-corrected chi connectivity index (χ0v) is 32.2. The summed E-state index contributed by atoms with van der Waals surface area (Å²) in [4.78, 5) is 75.5. The zero-order chi connectivity index (χ0) is 39.1. The van der Waals surface area contributed by atoms with Gasteiger partial charge in [0.2, 0.25) is 29.5 Å². The molecule has 3 N–H and O–H groups in total. The van der Waals surface area contributed by atoms with Gasteiger partial charge in [0.25, 0.3) is 0 Å². The topological polar surface area (TPSA) is 144 Å². The Labute approximate surface area is 319 Å². The Morgan fingerprint density at radius 3 is 2.31 bits per heavy atom. The molecular weight excluding hydrogens is 683 g/mol. The fraction of sp³-hybridized carbons (Fsp3) is 0.476. The highest BCUT2D eigenvalue weighted by Gasteiger charge is 2.42. The van der Waals surface area contributed by atoms with Crippen LogP contribution in [0.1, 0.15) is 68.7 Å². The lowest BCUT2D eigenvalue weighted by atomic mass is 9.78. The van der Waals surface area contributed by atoms with E-state index in [0.29, 0.717) is 70.5 Å². The summed E-state index contributed by atoms with van der Waals surface area (Å²) in [6.07, 6.45) is 12.9. The molecule has 2 heterocycles. The van der Waals surface area contributed by atoms with Crippen LogP contribution in [-0.4, -0.2) is 96.9 Å². The van der Waals surface area contributed by atoms with Crippen molar-refractivity contribution in [2.24, 2.45) is 16.3 Å². The first kappa shape index (κ1) is 41.5. The number of terminal acetylenes is 1. The summed E-state index contributed by atoms with van der Waals surface area (Å²) in [6.45, 7) is 8.39. The highest BCUT2D eigenvalue weighted by Crippen LogP contribution is 2.35. The normalized spacial score (nSPS) is 15.9. The summed E-state index contributed by atoms with van der Waals surface area (Å²) in [5.41, 5.74) is 3.52. The Morgan fingerprint density at radius 1 is 0.963 bits per heavy atom. The van der Waals surface area contributed by atoms with Crippen LogP contribution >= 0.6 is 0 Å². The van der Waals surface area contributed by atoms with Gasteiger partial charge < -0.3 is 30.7 Å². The van der Waals surface area contributed by atoms with Crippen LogP contribution in [0.5, 0.6) is 0 Å². The van der Waals surface area contributed by atoms with Gasteiger partial charge in [-0.1, -0.05) is 50.1 Å². The molecule has 0 spiro atoms. The predicted molar refractivity (Wildman–Crippen MR) is 211 cm³/mol. The minimum absolute atomic E-state index is 0.0346. The summed E-state index contributed by atoms with van der Waals surface area (Å²) >= 11 is 0. The lowest BCUT2D eigenvalue weighted by Gasteiger charge is -2.42. The van der Waals surface area contributed by atoms with Gasteiger partial charge in [-0.25, -0.2) is 0 Å². The van der Waals surface area contributed by atoms with E-state index in [-0.39, 0.29) is 61.6 Å². The molecule has 4 rings (SSSR count). The van der Waals surface area contributed by atoms with Gasteiger partial charge in [-0.05, 0) is 85.7 Å². The van der Waals surface area contributed by atoms with E-state index in [1.54, 1.807) is 22.8 Å². The Kier molecular flexibility index (Phi) is 15.6. The van der Waals surface area contributed by atoms with Crippen molar-refractivity contribution in [2.75, 3.05) is 51.8 Å². The van der Waals surface area contributed by atoms with Gasteiger partial charge in [-0.2, -0.15) is 0 Å². The van der Waals surface area contributed by atoms with Crippen molar-refractivity contribution in [1.29, 1.82) is 0 Å². The van der Waals surface area contributed by atoms with E-state index in [2.05, 4.69) is 26.9 Å². The number of amides is 5. The van der Waals surface area contributed by atoms with Gasteiger partial charge in [0.05, 0.1) is 6.42 Å². The Balaban J connectivity index is 1.45. The minimum Gasteiger partial charge on any atom is -0.343 e. The molecule has 288 valence electrons. The number of nitrogens with zero attached hydrogens (tertiary/aromatic N) is 4. The van der Waals surface area contributed by atoms with Gasteiger partial charge in [0.15, 0.2) is 0 Å². The number of aryl methyl sites for hydroxylation is 1. The van der Waals surface area contributed by atoms with Gasteiger partial charge in [0, 0.05) is 69.4 Å². The SMILES string of the molecule is C#C/C=C\C=N/CNC(=O)Cc1cc(NC(=O)CN(Cc2ccccc2CNC)C(=O)C2(C)CCN(C(=O)C3CCN(C(C)=O)CC3)CC2)ccc1CC. The lowest BCUT2D eigenvalue weighted by Crippen LogP contribution is -2.52. The van der Waals surface area contributed by atoms with Crippen molar-refractivity contribution in [2.45, 2.75) is 72.4 Å². The molecule has 2 aromatic carbocycles. The first-order valence-electron chi connectivity index (χ1n) is 18.8. The number of anilines is 1. The number of carbonyl (C=O) groups is 5. The molecule has 5 amide bonds. The molecule has 12 heteroatoms. The molecular formula is C42H55N7O5. The number of carbonyl (C=O) groups excluding carboxylic acids is 5. The van der Waals surface area contributed by atoms with Crippen LogP contribution in [0.25, 0.3) is 0 Å². The fourth-order valence-electron chi connectivity index (χ4n) is 7.16. The zero-order valence-electron chi connectivity index (χ0n) is 32.2. The molecule has 0 radical (unpaired) electrons. The maximum atomic E-state index is 14.5. The summed E-state index contributed by atoms with van der Waals surface area (Å²) in [7, 11) is 1.87. The molecule has 2 aliphatic heterocycles. The van der Waals surface area contributed by atoms with Crippen molar-refractivity contribution in [3.8, 4) is 12.3 Å². The third-order valence-corrected chi connectivity index (χ3v) is 10.4. The van der Waals surface area contributed by atoms with Crippen LogP contribution in [0.4, 0.5) is 5.69 Å². The fourth-order valence-corrected chi connectivity index (χ4v) is 7.16. The number of hydrogen-bond donors (Lipinski definition) is 3. The number of allylic oxidation sites excluding steroid dienone is 2. The number of piperidine rings is 2. The average molecular weight is 738 g/mol. The Morgan fingerprint density at radius 2 is 1.67 bits per heavy atom. The molecule has 2 aliphatic rings. The van der Waals surface area contributed by atoms with Crippen LogP contribution < -0.4 is 16.0 Å². The Hall–Kier alpha value is -5.28. The van der Waals surface area contributed by atoms with E-state index in [1.807, 2.05) is 68.3 Å². The standard InChI is InChI=1S/C42H55N7O5/c1-6-8-11-20-44-30-45-38(51)26-36-25-37(15-14-32(36)7-2)46-39(52)29-49(28-35-13-10-9-12-34(35)27-43-5)41(54)42(4)18-23-48(24-19-42)40(53)33-16-21-47(22-17-33)31(3)50/h1,8-15,20,25,33,43H,7,16-19,21-24,26-30H2,2-5H3,(H,45,51)(H,46,52)/b11-8-,44-20-. The van der Waals surface area contributed by atoms with Crippen molar-refractivity contribution in [3.05, 3.63) is 76.9 Å². The summed E-state index contributed by atoms with van der Waals surface area (Å²) in [6, 6.07) is 13.4. The summed E-state index contributed by atoms with van der Waals surface area (Å²) < 4.78 is 0. The van der Waals surface area contributed by atoms with Gasteiger partial charge >= 0.3 is 0 Å². The van der Waals surface area contributed by atoms with Crippen LogP contribution in [0.2, 0.25) is 0 Å². The van der Waals surface area contributed by atoms with E-state index in [4.69, 9.17) is 6.42 Å². The maximum Gasteiger partial charge on any atom is 0.244 e. The van der Waals surface area contributed by atoms with Crippen molar-refractivity contribution >= 4 is 41.4 Å². The highest BCUT2D eigenvalue weighted by atomic mass is 16.2. The van der Waals surface area contributed by atoms with Crippen LogP contribution in [0.15, 0.2) is 59.6 Å². The first-order valence-corrected chi connectivity index (χ1v) is 18.8.